The van der Waals surface area contributed by atoms with Gasteiger partial charge in [-0.25, -0.2) is 0 Å². The molecule has 0 aliphatic heterocycles. The Balaban J connectivity index is 3.02. The minimum Gasteiger partial charge on any atom is -0.0885 e. The molecular formula is C25H49. The summed E-state index contributed by atoms with van der Waals surface area (Å²) in [4.78, 5) is 0. The number of allylic oxidation sites excluding steroid dienone is 2. The normalized spacial score (nSPS) is 11.6. The molecule has 0 aromatic rings. The van der Waals surface area contributed by atoms with E-state index in [1.54, 1.807) is 0 Å². The molecule has 0 heteroatoms. The Hall–Kier alpha value is -0.260. The van der Waals surface area contributed by atoms with Crippen LogP contribution in [0.4, 0.5) is 0 Å². The lowest BCUT2D eigenvalue weighted by Crippen LogP contribution is -1.83. The van der Waals surface area contributed by atoms with Gasteiger partial charge in [-0.05, 0) is 25.7 Å². The molecule has 0 nitrogen and oxygen atoms in total. The van der Waals surface area contributed by atoms with Gasteiger partial charge in [-0.1, -0.05) is 135 Å². The van der Waals surface area contributed by atoms with Gasteiger partial charge in [0, 0.05) is 0 Å². The molecule has 0 spiro atoms. The molecule has 0 N–H and O–H groups in total. The minimum absolute atomic E-state index is 1.12. The smallest absolute Gasteiger partial charge is 0.0351 e. The molecule has 25 heavy (non-hydrogen) atoms. The van der Waals surface area contributed by atoms with Crippen molar-refractivity contribution in [2.45, 2.75) is 142 Å². The average molecular weight is 350 g/mol. The lowest BCUT2D eigenvalue weighted by molar-refractivity contribution is 0.537. The first-order valence-corrected chi connectivity index (χ1v) is 11.9. The summed E-state index contributed by atoms with van der Waals surface area (Å²) in [5, 5.41) is 0. The first-order chi connectivity index (χ1) is 12.4. The molecule has 149 valence electrons. The van der Waals surface area contributed by atoms with Gasteiger partial charge in [0.15, 0.2) is 0 Å². The second kappa shape index (κ2) is 23.7. The summed E-state index contributed by atoms with van der Waals surface area (Å²) < 4.78 is 0. The lowest BCUT2D eigenvalue weighted by Gasteiger charge is -2.02. The van der Waals surface area contributed by atoms with E-state index in [9.17, 15) is 0 Å². The molecule has 1 radical (unpaired) electrons. The van der Waals surface area contributed by atoms with Crippen LogP contribution in [0.5, 0.6) is 0 Å². The fourth-order valence-corrected chi connectivity index (χ4v) is 3.48. The van der Waals surface area contributed by atoms with Crippen molar-refractivity contribution in [3.8, 4) is 0 Å². The SMILES string of the molecule is [CH2]CCCCCCCCCCCCCCCC=CCCCCCCC. The average Bonchev–Trinajstić information content (AvgIpc) is 2.63. The Morgan fingerprint density at radius 2 is 0.760 bits per heavy atom. The van der Waals surface area contributed by atoms with Crippen LogP contribution in [0, 0.1) is 6.92 Å². The largest absolute Gasteiger partial charge is 0.0885 e. The van der Waals surface area contributed by atoms with Crippen LogP contribution in [-0.2, 0) is 0 Å². The summed E-state index contributed by atoms with van der Waals surface area (Å²) in [6.07, 6.45) is 34.3. The van der Waals surface area contributed by atoms with E-state index < -0.39 is 0 Å². The van der Waals surface area contributed by atoms with Gasteiger partial charge in [0.1, 0.15) is 0 Å². The van der Waals surface area contributed by atoms with E-state index in [1.807, 2.05) is 0 Å². The monoisotopic (exact) mass is 349 g/mol. The second-order valence-corrected chi connectivity index (χ2v) is 7.91. The van der Waals surface area contributed by atoms with Gasteiger partial charge >= 0.3 is 0 Å². The van der Waals surface area contributed by atoms with E-state index in [1.165, 1.54) is 128 Å². The van der Waals surface area contributed by atoms with Crippen LogP contribution in [-0.4, -0.2) is 0 Å². The highest BCUT2D eigenvalue weighted by atomic mass is 14.0. The van der Waals surface area contributed by atoms with Gasteiger partial charge in [-0.2, -0.15) is 0 Å². The van der Waals surface area contributed by atoms with Crippen LogP contribution in [0.25, 0.3) is 0 Å². The zero-order chi connectivity index (χ0) is 18.3. The van der Waals surface area contributed by atoms with Crippen molar-refractivity contribution in [2.75, 3.05) is 0 Å². The third-order valence-electron chi connectivity index (χ3n) is 5.26. The Morgan fingerprint density at radius 3 is 1.12 bits per heavy atom. The second-order valence-electron chi connectivity index (χ2n) is 7.91. The molecule has 0 saturated carbocycles. The van der Waals surface area contributed by atoms with E-state index >= 15 is 0 Å². The quantitative estimate of drug-likeness (QED) is 0.143. The summed E-state index contributed by atoms with van der Waals surface area (Å²) in [5.41, 5.74) is 0. The zero-order valence-corrected chi connectivity index (χ0v) is 17.7. The van der Waals surface area contributed by atoms with Gasteiger partial charge in [-0.15, -0.1) is 0 Å². The van der Waals surface area contributed by atoms with Crippen LogP contribution >= 0.6 is 0 Å². The Kier molecular flexibility index (Phi) is 23.5. The summed E-state index contributed by atoms with van der Waals surface area (Å²) in [5.74, 6) is 0. The van der Waals surface area contributed by atoms with Crippen molar-refractivity contribution in [1.29, 1.82) is 0 Å². The maximum absolute atomic E-state index is 3.90. The van der Waals surface area contributed by atoms with Crippen LogP contribution in [0.15, 0.2) is 12.2 Å². The fraction of sp³-hybridized carbons (Fsp3) is 0.880. The van der Waals surface area contributed by atoms with E-state index in [0.29, 0.717) is 0 Å². The summed E-state index contributed by atoms with van der Waals surface area (Å²) >= 11 is 0. The van der Waals surface area contributed by atoms with Crippen LogP contribution in [0.3, 0.4) is 0 Å². The fourth-order valence-electron chi connectivity index (χ4n) is 3.48. The van der Waals surface area contributed by atoms with Crippen molar-refractivity contribution in [2.24, 2.45) is 0 Å². The van der Waals surface area contributed by atoms with E-state index in [-0.39, 0.29) is 0 Å². The van der Waals surface area contributed by atoms with Gasteiger partial charge < -0.3 is 0 Å². The third-order valence-corrected chi connectivity index (χ3v) is 5.26. The van der Waals surface area contributed by atoms with E-state index in [0.717, 1.165) is 6.42 Å². The molecule has 0 aliphatic rings. The molecule has 0 aromatic heterocycles. The molecule has 0 saturated heterocycles. The highest BCUT2D eigenvalue weighted by Gasteiger charge is 1.94. The number of rotatable bonds is 21. The highest BCUT2D eigenvalue weighted by molar-refractivity contribution is 4.81. The van der Waals surface area contributed by atoms with Gasteiger partial charge in [-0.3, -0.25) is 0 Å². The van der Waals surface area contributed by atoms with Crippen molar-refractivity contribution in [3.05, 3.63) is 19.1 Å². The summed E-state index contributed by atoms with van der Waals surface area (Å²) in [6, 6.07) is 0. The molecule has 0 amide bonds. The standard InChI is InChI=1S/C25H49/c1-3-5-7-9-11-13-15-17-19-21-23-25-24-22-20-18-16-14-12-10-8-6-4-2/h16,18H,1,3-15,17,19-25H2,2H3. The van der Waals surface area contributed by atoms with Crippen molar-refractivity contribution >= 4 is 0 Å². The Labute approximate surface area is 161 Å². The Morgan fingerprint density at radius 1 is 0.440 bits per heavy atom. The summed E-state index contributed by atoms with van der Waals surface area (Å²) in [6.45, 7) is 6.19. The molecule has 0 bridgehead atoms. The van der Waals surface area contributed by atoms with Gasteiger partial charge in [0.25, 0.3) is 0 Å². The van der Waals surface area contributed by atoms with Crippen LogP contribution < -0.4 is 0 Å². The molecule has 0 aliphatic carbocycles. The summed E-state index contributed by atoms with van der Waals surface area (Å²) in [7, 11) is 0. The van der Waals surface area contributed by atoms with E-state index in [4.69, 9.17) is 0 Å². The van der Waals surface area contributed by atoms with Crippen molar-refractivity contribution in [3.63, 3.8) is 0 Å². The minimum atomic E-state index is 1.12. The molecule has 0 atom stereocenters. The highest BCUT2D eigenvalue weighted by Crippen LogP contribution is 2.13. The van der Waals surface area contributed by atoms with E-state index in [2.05, 4.69) is 26.0 Å². The lowest BCUT2D eigenvalue weighted by atomic mass is 10.0. The van der Waals surface area contributed by atoms with Gasteiger partial charge in [0.2, 0.25) is 0 Å². The molecule has 0 fully saturated rings. The topological polar surface area (TPSA) is 0 Å². The van der Waals surface area contributed by atoms with Gasteiger partial charge in [0.05, 0.1) is 0 Å². The molecule has 0 rings (SSSR count). The molecule has 0 aromatic carbocycles. The van der Waals surface area contributed by atoms with Crippen molar-refractivity contribution in [1.82, 2.24) is 0 Å². The predicted molar refractivity (Wildman–Crippen MR) is 117 cm³/mol. The first kappa shape index (κ1) is 24.7. The van der Waals surface area contributed by atoms with Crippen molar-refractivity contribution < 1.29 is 0 Å². The maximum Gasteiger partial charge on any atom is -0.0351 e. The number of unbranched alkanes of at least 4 members (excludes halogenated alkanes) is 19. The zero-order valence-electron chi connectivity index (χ0n) is 17.7. The maximum atomic E-state index is 3.90. The predicted octanol–water partition coefficient (Wildman–Crippen LogP) is 9.59. The number of hydrogen-bond donors (Lipinski definition) is 0. The third kappa shape index (κ3) is 23.7. The number of hydrogen-bond acceptors (Lipinski definition) is 0. The Bertz CT molecular complexity index is 240. The van der Waals surface area contributed by atoms with Crippen LogP contribution in [0.2, 0.25) is 0 Å². The van der Waals surface area contributed by atoms with Crippen LogP contribution in [0.1, 0.15) is 142 Å². The first-order valence-electron chi connectivity index (χ1n) is 11.9. The molecule has 0 unspecified atom stereocenters. The molecular weight excluding hydrogens is 300 g/mol. The molecule has 0 heterocycles.